The van der Waals surface area contributed by atoms with Crippen molar-refractivity contribution in [3.8, 4) is 5.69 Å². The topological polar surface area (TPSA) is 209 Å². The first kappa shape index (κ1) is 30.8. The Labute approximate surface area is 217 Å². The summed E-state index contributed by atoms with van der Waals surface area (Å²) in [5, 5.41) is 27.7. The molecule has 0 aliphatic heterocycles. The number of para-hydroxylation sites is 1. The van der Waals surface area contributed by atoms with Gasteiger partial charge in [0.1, 0.15) is 17.2 Å². The summed E-state index contributed by atoms with van der Waals surface area (Å²) in [5.74, 6) is -6.25. The molecule has 4 aromatic rings. The lowest BCUT2D eigenvalue weighted by Crippen LogP contribution is -2.37. The van der Waals surface area contributed by atoms with Crippen LogP contribution in [0.15, 0.2) is 54.6 Å². The number of carbonyl (C=O) groups is 3. The Morgan fingerprint density at radius 2 is 1.43 bits per heavy atom. The van der Waals surface area contributed by atoms with E-state index in [0.29, 0.717) is 11.2 Å². The molecule has 4 rings (SSSR count). The fraction of sp³-hybridized carbons (Fsp3) is 0.0909. The lowest BCUT2D eigenvalue weighted by molar-refractivity contribution is -0.550. The van der Waals surface area contributed by atoms with Crippen molar-refractivity contribution in [2.75, 3.05) is 5.73 Å². The van der Waals surface area contributed by atoms with E-state index >= 15 is 0 Å². The predicted octanol–water partition coefficient (Wildman–Crippen LogP) is 2.12. The van der Waals surface area contributed by atoms with Gasteiger partial charge in [0.05, 0.1) is 16.0 Å². The summed E-state index contributed by atoms with van der Waals surface area (Å²) in [5.41, 5.74) is 14.8. The molecule has 0 atom stereocenters. The quantitative estimate of drug-likeness (QED) is 0.123. The minimum Gasteiger partial charge on any atom is -0.542 e. The molecular weight excluding hydrogens is 560 g/mol. The summed E-state index contributed by atoms with van der Waals surface area (Å²) in [6.45, 7) is 0. The number of primary amides is 1. The Morgan fingerprint density at radius 3 is 1.85 bits per heavy atom. The molecule has 0 fully saturated rings. The van der Waals surface area contributed by atoms with Gasteiger partial charge in [-0.1, -0.05) is 12.1 Å². The molecule has 40 heavy (non-hydrogen) atoms. The maximum atomic E-state index is 11.8. The number of amides is 1. The van der Waals surface area contributed by atoms with Crippen molar-refractivity contribution in [2.45, 2.75) is 12.4 Å². The van der Waals surface area contributed by atoms with Crippen molar-refractivity contribution in [1.29, 1.82) is 0 Å². The van der Waals surface area contributed by atoms with Crippen LogP contribution in [-0.2, 0) is 9.59 Å². The first-order valence-electron chi connectivity index (χ1n) is 10.2. The molecule has 0 aliphatic rings. The number of carboxylic acids is 2. The highest BCUT2D eigenvalue weighted by atomic mass is 19.4. The highest BCUT2D eigenvalue weighted by Gasteiger charge is 2.38. The van der Waals surface area contributed by atoms with Gasteiger partial charge in [-0.25, -0.2) is 4.79 Å². The second-order valence-electron chi connectivity index (χ2n) is 7.44. The molecule has 2 aromatic carbocycles. The monoisotopic (exact) mass is 575 g/mol. The SMILES string of the molecule is NC(=O)c1cc2[nH]c3ccccc3c2[n+](-c2ccc([N+](=O)[O-])cc2)c1N.O=C(O)C(F)(F)F.O=C([O-])C(F)(F)F. The summed E-state index contributed by atoms with van der Waals surface area (Å²) in [7, 11) is 0. The Balaban J connectivity index is 0.000000333. The number of aliphatic carboxylic acids is 2. The van der Waals surface area contributed by atoms with Gasteiger partial charge in [-0.15, -0.1) is 0 Å². The number of non-ortho nitro benzene ring substituents is 1. The van der Waals surface area contributed by atoms with E-state index in [2.05, 4.69) is 4.98 Å². The van der Waals surface area contributed by atoms with Crippen LogP contribution in [0.2, 0.25) is 0 Å². The number of alkyl halides is 6. The van der Waals surface area contributed by atoms with Crippen LogP contribution < -0.4 is 21.1 Å². The molecule has 0 bridgehead atoms. The number of benzene rings is 2. The Morgan fingerprint density at radius 1 is 0.925 bits per heavy atom. The van der Waals surface area contributed by atoms with Gasteiger partial charge in [0, 0.05) is 17.5 Å². The van der Waals surface area contributed by atoms with Gasteiger partial charge in [0.15, 0.2) is 5.52 Å². The van der Waals surface area contributed by atoms with Crippen molar-refractivity contribution in [3.05, 3.63) is 70.3 Å². The number of nitro benzene ring substituents is 1. The largest absolute Gasteiger partial charge is 0.542 e. The van der Waals surface area contributed by atoms with Gasteiger partial charge in [0.25, 0.3) is 17.4 Å². The minimum absolute atomic E-state index is 0.0332. The second kappa shape index (κ2) is 11.5. The van der Waals surface area contributed by atoms with Gasteiger partial charge in [-0.3, -0.25) is 20.6 Å². The molecule has 0 saturated carbocycles. The Hall–Kier alpha value is -5.42. The average Bonchev–Trinajstić information content (AvgIpc) is 3.21. The zero-order valence-corrected chi connectivity index (χ0v) is 19.4. The fourth-order valence-electron chi connectivity index (χ4n) is 3.14. The van der Waals surface area contributed by atoms with Gasteiger partial charge in [-0.05, 0) is 30.3 Å². The van der Waals surface area contributed by atoms with E-state index in [-0.39, 0.29) is 17.1 Å². The molecule has 1 amide bonds. The van der Waals surface area contributed by atoms with Gasteiger partial charge >= 0.3 is 18.3 Å². The van der Waals surface area contributed by atoms with E-state index in [9.17, 15) is 41.3 Å². The van der Waals surface area contributed by atoms with Crippen molar-refractivity contribution in [2.24, 2.45) is 5.73 Å². The smallest absolute Gasteiger partial charge is 0.490 e. The first-order valence-corrected chi connectivity index (χ1v) is 10.2. The Kier molecular flexibility index (Phi) is 8.89. The molecule has 0 radical (unpaired) electrons. The Bertz CT molecular complexity index is 1570. The number of anilines is 1. The van der Waals surface area contributed by atoms with Crippen molar-refractivity contribution in [1.82, 2.24) is 4.98 Å². The molecule has 212 valence electrons. The molecule has 2 aromatic heterocycles. The number of pyridine rings is 1. The number of carbonyl (C=O) groups excluding carboxylic acids is 2. The molecule has 0 spiro atoms. The van der Waals surface area contributed by atoms with Crippen LogP contribution in [0, 0.1) is 10.1 Å². The number of aromatic nitrogens is 2. The number of nitro groups is 1. The zero-order chi connectivity index (χ0) is 30.6. The number of nitrogens with one attached hydrogen (secondary N) is 1. The molecule has 6 N–H and O–H groups in total. The molecule has 0 aliphatic carbocycles. The number of hydrogen-bond acceptors (Lipinski definition) is 7. The summed E-state index contributed by atoms with van der Waals surface area (Å²) < 4.78 is 65.0. The van der Waals surface area contributed by atoms with E-state index in [0.717, 1.165) is 16.4 Å². The van der Waals surface area contributed by atoms with Crippen LogP contribution in [0.5, 0.6) is 0 Å². The van der Waals surface area contributed by atoms with Crippen LogP contribution in [-0.4, -0.2) is 45.2 Å². The number of aromatic amines is 1. The van der Waals surface area contributed by atoms with Gasteiger partial charge < -0.3 is 25.7 Å². The van der Waals surface area contributed by atoms with Gasteiger partial charge in [0.2, 0.25) is 0 Å². The molecule has 12 nitrogen and oxygen atoms in total. The summed E-state index contributed by atoms with van der Waals surface area (Å²) in [6.07, 6.45) is -10.3. The number of fused-ring (bicyclic) bond motifs is 3. The third kappa shape index (κ3) is 7.11. The summed E-state index contributed by atoms with van der Waals surface area (Å²) in [4.78, 5) is 43.2. The van der Waals surface area contributed by atoms with E-state index in [1.807, 2.05) is 24.3 Å². The highest BCUT2D eigenvalue weighted by molar-refractivity contribution is 6.06. The highest BCUT2D eigenvalue weighted by Crippen LogP contribution is 2.27. The molecule has 0 saturated heterocycles. The molecule has 2 heterocycles. The standard InChI is InChI=1S/C18H13N5O3.2C2HF3O2/c19-17-13(18(20)24)9-15-16(12-3-1-2-4-14(12)21-15)22(17)10-5-7-11(8-6-10)23(25)26;2*3-2(4,5)1(6)7/h1-9H,(H4,19,20,21,24);2*(H,6,7). The van der Waals surface area contributed by atoms with Crippen LogP contribution in [0.1, 0.15) is 10.4 Å². The number of H-pyrrole nitrogens is 1. The number of hydrogen-bond donors (Lipinski definition) is 4. The lowest BCUT2D eigenvalue weighted by Gasteiger charge is -2.08. The van der Waals surface area contributed by atoms with E-state index in [1.54, 1.807) is 22.8 Å². The van der Waals surface area contributed by atoms with Crippen LogP contribution >= 0.6 is 0 Å². The van der Waals surface area contributed by atoms with E-state index in [1.165, 1.54) is 12.1 Å². The number of rotatable bonds is 3. The van der Waals surface area contributed by atoms with Crippen LogP contribution in [0.3, 0.4) is 0 Å². The normalized spacial score (nSPS) is 11.2. The number of carboxylic acid groups (broad SMARTS) is 2. The summed E-state index contributed by atoms with van der Waals surface area (Å²) >= 11 is 0. The average molecular weight is 575 g/mol. The summed E-state index contributed by atoms with van der Waals surface area (Å²) in [6, 6.07) is 15.2. The fourth-order valence-corrected chi connectivity index (χ4v) is 3.14. The van der Waals surface area contributed by atoms with Crippen LogP contribution in [0.25, 0.3) is 27.6 Å². The van der Waals surface area contributed by atoms with Crippen LogP contribution in [0.4, 0.5) is 37.8 Å². The van der Waals surface area contributed by atoms with E-state index in [4.69, 9.17) is 31.3 Å². The number of halogens is 6. The number of nitrogens with zero attached hydrogens (tertiary/aromatic N) is 2. The van der Waals surface area contributed by atoms with Crippen molar-refractivity contribution >= 4 is 51.3 Å². The molecule has 18 heteroatoms. The van der Waals surface area contributed by atoms with E-state index < -0.39 is 35.1 Å². The minimum atomic E-state index is -5.19. The first-order chi connectivity index (χ1) is 18.4. The zero-order valence-electron chi connectivity index (χ0n) is 19.4. The number of nitrogen functional groups attached to an aromatic ring is 1. The maximum Gasteiger partial charge on any atom is 0.490 e. The van der Waals surface area contributed by atoms with Crippen molar-refractivity contribution in [3.63, 3.8) is 0 Å². The third-order valence-corrected chi connectivity index (χ3v) is 4.79. The number of nitrogens with two attached hydrogens (primary N) is 2. The predicted molar refractivity (Wildman–Crippen MR) is 122 cm³/mol. The second-order valence-corrected chi connectivity index (χ2v) is 7.44. The lowest BCUT2D eigenvalue weighted by atomic mass is 10.1. The maximum absolute atomic E-state index is 11.8. The van der Waals surface area contributed by atoms with Gasteiger partial charge in [-0.2, -0.15) is 30.9 Å². The third-order valence-electron chi connectivity index (χ3n) is 4.79. The molecular formula is C22H15F6N5O7. The van der Waals surface area contributed by atoms with Crippen molar-refractivity contribution < 1.29 is 60.4 Å². The molecule has 0 unspecified atom stereocenters.